The molecule has 0 amide bonds. The second-order valence-electron chi connectivity index (χ2n) is 20.6. The van der Waals surface area contributed by atoms with Crippen LogP contribution in [0.4, 0.5) is 11.4 Å². The van der Waals surface area contributed by atoms with Gasteiger partial charge in [0.25, 0.3) is 0 Å². The zero-order chi connectivity index (χ0) is 43.3. The Hall–Kier alpha value is -3.63. The zero-order valence-electron chi connectivity index (χ0n) is 39.7. The summed E-state index contributed by atoms with van der Waals surface area (Å²) in [6.45, 7) is 40.2. The van der Waals surface area contributed by atoms with Crippen LogP contribution in [0.3, 0.4) is 0 Å². The SMILES string of the molecule is CC(C)C1=Nc2cc(C(C)C)ccc2C1.CC(C)c1ccc2c(c1)C=C(C(C)(C)C)C2.CC(C)c1ccc2c(c1)N=C(C(C)(C)C)C2.CC(C)c1csc(C(C)C)n1. The van der Waals surface area contributed by atoms with Crippen molar-refractivity contribution in [2.75, 3.05) is 0 Å². The summed E-state index contributed by atoms with van der Waals surface area (Å²) in [7, 11) is 0. The van der Waals surface area contributed by atoms with Gasteiger partial charge in [-0.15, -0.1) is 11.3 Å². The number of allylic oxidation sites excluding steroid dienone is 1. The minimum absolute atomic E-state index is 0.191. The number of aliphatic imine (C=N–C) groups is 2. The van der Waals surface area contributed by atoms with Crippen LogP contribution in [0.15, 0.2) is 75.5 Å². The van der Waals surface area contributed by atoms with Crippen molar-refractivity contribution in [1.82, 2.24) is 4.98 Å². The van der Waals surface area contributed by atoms with E-state index < -0.39 is 0 Å². The van der Waals surface area contributed by atoms with E-state index in [-0.39, 0.29) is 5.41 Å². The standard InChI is InChI=1S/C16H22.C15H21N.C14H19N.C9H15NS/c1-11(2)12-6-7-13-9-15(16(3,4)5)10-14(13)8-12;1-10(2)11-6-7-12-9-14(15(3,4)5)16-13(12)8-11;1-9(2)11-5-6-12-8-13(10(3)4)15-14(12)7-11;1-6(2)8-5-11-9(10-8)7(3)4/h6-8,10-11H,9H2,1-5H3;6-8,10H,9H2,1-5H3;5-7,9-10H,8H2,1-4H3;5-7H,1-4H3. The van der Waals surface area contributed by atoms with E-state index in [4.69, 9.17) is 9.98 Å². The highest BCUT2D eigenvalue weighted by molar-refractivity contribution is 7.09. The van der Waals surface area contributed by atoms with Crippen LogP contribution in [0.1, 0.15) is 204 Å². The Labute approximate surface area is 359 Å². The van der Waals surface area contributed by atoms with E-state index >= 15 is 0 Å². The smallest absolute Gasteiger partial charge is 0.0953 e. The summed E-state index contributed by atoms with van der Waals surface area (Å²) in [6.07, 6.45) is 5.60. The van der Waals surface area contributed by atoms with Gasteiger partial charge in [0, 0.05) is 41.0 Å². The highest BCUT2D eigenvalue weighted by atomic mass is 32.1. The molecule has 0 fully saturated rings. The number of hydrogen-bond donors (Lipinski definition) is 0. The first-order valence-corrected chi connectivity index (χ1v) is 23.0. The highest BCUT2D eigenvalue weighted by Gasteiger charge is 2.26. The van der Waals surface area contributed by atoms with Crippen molar-refractivity contribution in [2.45, 2.75) is 173 Å². The third-order valence-electron chi connectivity index (χ3n) is 11.5. The highest BCUT2D eigenvalue weighted by Crippen LogP contribution is 2.38. The molecule has 3 nitrogen and oxygen atoms in total. The van der Waals surface area contributed by atoms with Crippen molar-refractivity contribution in [2.24, 2.45) is 26.7 Å². The Balaban J connectivity index is 0.000000173. The van der Waals surface area contributed by atoms with Gasteiger partial charge in [0.1, 0.15) is 0 Å². The lowest BCUT2D eigenvalue weighted by Gasteiger charge is -2.19. The molecule has 0 saturated carbocycles. The lowest BCUT2D eigenvalue weighted by atomic mass is 9.85. The number of thiazole rings is 1. The van der Waals surface area contributed by atoms with Crippen molar-refractivity contribution in [3.63, 3.8) is 0 Å². The van der Waals surface area contributed by atoms with Crippen LogP contribution in [-0.2, 0) is 19.3 Å². The fourth-order valence-corrected chi connectivity index (χ4v) is 7.93. The van der Waals surface area contributed by atoms with E-state index in [2.05, 4.69) is 196 Å². The first-order chi connectivity index (χ1) is 26.9. The molecule has 3 aromatic carbocycles. The van der Waals surface area contributed by atoms with Crippen molar-refractivity contribution in [3.8, 4) is 0 Å². The van der Waals surface area contributed by atoms with Crippen LogP contribution in [-0.4, -0.2) is 16.4 Å². The molecule has 3 heterocycles. The molecule has 1 aliphatic carbocycles. The third-order valence-corrected chi connectivity index (χ3v) is 12.6. The fraction of sp³-hybridized carbons (Fsp3) is 0.537. The average Bonchev–Trinajstić information content (AvgIpc) is 3.95. The third kappa shape index (κ3) is 12.7. The first kappa shape index (κ1) is 47.1. The van der Waals surface area contributed by atoms with Gasteiger partial charge in [-0.2, -0.15) is 0 Å². The molecule has 0 saturated heterocycles. The predicted molar refractivity (Wildman–Crippen MR) is 259 cm³/mol. The van der Waals surface area contributed by atoms with Gasteiger partial charge in [0.2, 0.25) is 0 Å². The summed E-state index contributed by atoms with van der Waals surface area (Å²) in [6, 6.07) is 20.4. The Morgan fingerprint density at radius 1 is 0.500 bits per heavy atom. The topological polar surface area (TPSA) is 37.6 Å². The molecule has 3 aliphatic rings. The van der Waals surface area contributed by atoms with Gasteiger partial charge >= 0.3 is 0 Å². The Bertz CT molecular complexity index is 1970. The molecule has 0 radical (unpaired) electrons. The van der Waals surface area contributed by atoms with Gasteiger partial charge < -0.3 is 0 Å². The summed E-state index contributed by atoms with van der Waals surface area (Å²) in [5.41, 5.74) is 18.2. The monoisotopic (exact) mass is 800 g/mol. The molecule has 4 heteroatoms. The molecule has 58 heavy (non-hydrogen) atoms. The zero-order valence-corrected chi connectivity index (χ0v) is 40.5. The summed E-state index contributed by atoms with van der Waals surface area (Å²) in [5.74, 6) is 3.51. The van der Waals surface area contributed by atoms with Crippen LogP contribution in [0.25, 0.3) is 6.08 Å². The van der Waals surface area contributed by atoms with Crippen molar-refractivity contribution >= 4 is 40.2 Å². The molecular weight excluding hydrogens is 723 g/mol. The van der Waals surface area contributed by atoms with Crippen LogP contribution < -0.4 is 0 Å². The van der Waals surface area contributed by atoms with E-state index in [1.807, 2.05) is 0 Å². The summed E-state index contributed by atoms with van der Waals surface area (Å²) in [5, 5.41) is 3.42. The van der Waals surface area contributed by atoms with Gasteiger partial charge in [-0.05, 0) is 92.5 Å². The number of rotatable bonds is 6. The molecular formula is C54H77N3S. The molecule has 4 aromatic rings. The summed E-state index contributed by atoms with van der Waals surface area (Å²) in [4.78, 5) is 14.0. The minimum Gasteiger partial charge on any atom is -0.257 e. The maximum atomic E-state index is 4.78. The maximum absolute atomic E-state index is 4.78. The van der Waals surface area contributed by atoms with E-state index in [0.717, 1.165) is 19.3 Å². The van der Waals surface area contributed by atoms with Crippen LogP contribution in [0, 0.1) is 16.7 Å². The molecule has 314 valence electrons. The molecule has 0 spiro atoms. The average molecular weight is 800 g/mol. The second-order valence-corrected chi connectivity index (χ2v) is 21.5. The summed E-state index contributed by atoms with van der Waals surface area (Å²) < 4.78 is 0. The van der Waals surface area contributed by atoms with Crippen LogP contribution >= 0.6 is 11.3 Å². The predicted octanol–water partition coefficient (Wildman–Crippen LogP) is 16.8. The Morgan fingerprint density at radius 3 is 1.43 bits per heavy atom. The van der Waals surface area contributed by atoms with Gasteiger partial charge in [-0.1, -0.05) is 179 Å². The van der Waals surface area contributed by atoms with Crippen LogP contribution in [0.2, 0.25) is 0 Å². The molecule has 0 bridgehead atoms. The Kier molecular flexibility index (Phi) is 15.9. The van der Waals surface area contributed by atoms with Crippen molar-refractivity contribution in [1.29, 1.82) is 0 Å². The molecule has 0 atom stereocenters. The number of aromatic nitrogens is 1. The second kappa shape index (κ2) is 19.6. The summed E-state index contributed by atoms with van der Waals surface area (Å²) >= 11 is 1.77. The quantitative estimate of drug-likeness (QED) is 0.191. The number of nitrogens with zero attached hydrogens (tertiary/aromatic N) is 3. The molecule has 7 rings (SSSR count). The van der Waals surface area contributed by atoms with Gasteiger partial charge in [0.05, 0.1) is 22.1 Å². The lowest BCUT2D eigenvalue weighted by Crippen LogP contribution is -2.19. The van der Waals surface area contributed by atoms with Gasteiger partial charge in [-0.25, -0.2) is 4.98 Å². The molecule has 2 aliphatic heterocycles. The fourth-order valence-electron chi connectivity index (χ4n) is 6.93. The number of hydrogen-bond acceptors (Lipinski definition) is 4. The maximum Gasteiger partial charge on any atom is 0.0953 e. The minimum atomic E-state index is 0.191. The van der Waals surface area contributed by atoms with Crippen LogP contribution in [0.5, 0.6) is 0 Å². The largest absolute Gasteiger partial charge is 0.257 e. The number of fused-ring (bicyclic) bond motifs is 3. The van der Waals surface area contributed by atoms with E-state index in [1.54, 1.807) is 16.9 Å². The molecule has 0 N–H and O–H groups in total. The van der Waals surface area contributed by atoms with Gasteiger partial charge in [-0.3, -0.25) is 9.98 Å². The first-order valence-electron chi connectivity index (χ1n) is 22.1. The lowest BCUT2D eigenvalue weighted by molar-refractivity contribution is 0.498. The van der Waals surface area contributed by atoms with E-state index in [1.165, 1.54) is 72.4 Å². The normalized spacial score (nSPS) is 14.4. The van der Waals surface area contributed by atoms with Crippen molar-refractivity contribution < 1.29 is 0 Å². The molecule has 0 unspecified atom stereocenters. The van der Waals surface area contributed by atoms with E-state index in [0.29, 0.717) is 40.9 Å². The van der Waals surface area contributed by atoms with Gasteiger partial charge in [0.15, 0.2) is 0 Å². The van der Waals surface area contributed by atoms with E-state index in [9.17, 15) is 0 Å². The number of benzene rings is 3. The van der Waals surface area contributed by atoms with Crippen molar-refractivity contribution in [3.05, 3.63) is 115 Å². The Morgan fingerprint density at radius 2 is 1.00 bits per heavy atom. The molecule has 1 aromatic heterocycles.